The number of anilines is 2. The molecule has 4 amide bonds. The van der Waals surface area contributed by atoms with E-state index >= 15 is 0 Å². The molecule has 0 unspecified atom stereocenters. The topological polar surface area (TPSA) is 118 Å². The Kier molecular flexibility index (Phi) is 10.8. The van der Waals surface area contributed by atoms with Gasteiger partial charge in [0, 0.05) is 48.7 Å². The lowest BCUT2D eigenvalue weighted by atomic mass is 10.2. The number of benzene rings is 2. The van der Waals surface area contributed by atoms with E-state index < -0.39 is 5.91 Å². The monoisotopic (exact) mass is 728 g/mol. The summed E-state index contributed by atoms with van der Waals surface area (Å²) in [5.41, 5.74) is 3.76. The summed E-state index contributed by atoms with van der Waals surface area (Å²) >= 11 is 16.7. The van der Waals surface area contributed by atoms with E-state index in [0.29, 0.717) is 59.7 Å². The van der Waals surface area contributed by atoms with Gasteiger partial charge in [0.1, 0.15) is 11.2 Å². The number of aryl methyl sites for hydroxylation is 1. The molecule has 5 rings (SSSR count). The summed E-state index contributed by atoms with van der Waals surface area (Å²) in [6, 6.07) is 13.8. The average Bonchev–Trinajstić information content (AvgIpc) is 3.36. The number of nitrogens with one attached hydrogen (secondary N) is 2. The molecule has 0 spiro atoms. The van der Waals surface area contributed by atoms with E-state index in [1.165, 1.54) is 11.0 Å². The van der Waals surface area contributed by atoms with Gasteiger partial charge in [0.05, 0.1) is 36.2 Å². The van der Waals surface area contributed by atoms with Crippen molar-refractivity contribution in [3.63, 3.8) is 0 Å². The summed E-state index contributed by atoms with van der Waals surface area (Å²) in [6.07, 6.45) is 4.82. The molecule has 0 atom stereocenters. The predicted octanol–water partition coefficient (Wildman–Crippen LogP) is 5.95. The number of amides is 4. The summed E-state index contributed by atoms with van der Waals surface area (Å²) < 4.78 is 14.0. The minimum absolute atomic E-state index is 0.0412. The van der Waals surface area contributed by atoms with Gasteiger partial charge in [-0.2, -0.15) is 0 Å². The number of nitrogens with zero attached hydrogens (tertiary/aromatic N) is 4. The van der Waals surface area contributed by atoms with Crippen LogP contribution in [0.5, 0.6) is 5.75 Å². The van der Waals surface area contributed by atoms with Gasteiger partial charge < -0.3 is 29.9 Å². The van der Waals surface area contributed by atoms with Gasteiger partial charge >= 0.3 is 6.03 Å². The summed E-state index contributed by atoms with van der Waals surface area (Å²) in [6.45, 7) is 3.82. The number of rotatable bonds is 9. The molecule has 0 radical (unpaired) electrons. The first-order valence-electron chi connectivity index (χ1n) is 14.3. The van der Waals surface area contributed by atoms with Gasteiger partial charge in [0.25, 0.3) is 0 Å². The van der Waals surface area contributed by atoms with Gasteiger partial charge in [0.2, 0.25) is 11.8 Å². The quantitative estimate of drug-likeness (QED) is 0.206. The average molecular weight is 730 g/mol. The second-order valence-electron chi connectivity index (χ2n) is 10.4. The maximum atomic E-state index is 13.0. The fourth-order valence-electron chi connectivity index (χ4n) is 4.66. The number of fused-ring (bicyclic) bond motifs is 1. The third kappa shape index (κ3) is 7.81. The predicted molar refractivity (Wildman–Crippen MR) is 182 cm³/mol. The van der Waals surface area contributed by atoms with Crippen molar-refractivity contribution < 1.29 is 23.9 Å². The molecule has 2 aromatic carbocycles. The molecule has 1 saturated heterocycles. The van der Waals surface area contributed by atoms with E-state index in [2.05, 4.69) is 31.5 Å². The number of imidazole rings is 1. The Labute approximate surface area is 284 Å². The van der Waals surface area contributed by atoms with E-state index in [0.717, 1.165) is 15.9 Å². The molecule has 0 bridgehead atoms. The maximum absolute atomic E-state index is 13.0. The van der Waals surface area contributed by atoms with Crippen molar-refractivity contribution in [1.29, 1.82) is 0 Å². The molecular formula is C32H31BrCl2N6O5. The summed E-state index contributed by atoms with van der Waals surface area (Å²) in [7, 11) is 1.56. The van der Waals surface area contributed by atoms with Crippen LogP contribution in [0.25, 0.3) is 11.7 Å². The maximum Gasteiger partial charge on any atom is 0.321 e. The van der Waals surface area contributed by atoms with Crippen LogP contribution in [0.15, 0.2) is 65.4 Å². The zero-order valence-corrected chi connectivity index (χ0v) is 28.2. The molecule has 14 heteroatoms. The summed E-state index contributed by atoms with van der Waals surface area (Å²) in [5, 5.41) is 6.09. The molecule has 0 aliphatic carbocycles. The molecule has 1 aliphatic heterocycles. The van der Waals surface area contributed by atoms with Crippen LogP contribution < -0.4 is 20.3 Å². The zero-order valence-electron chi connectivity index (χ0n) is 25.1. The highest BCUT2D eigenvalue weighted by Crippen LogP contribution is 2.35. The van der Waals surface area contributed by atoms with Crippen LogP contribution in [0.1, 0.15) is 16.8 Å². The number of urea groups is 1. The Morgan fingerprint density at radius 1 is 1.11 bits per heavy atom. The zero-order chi connectivity index (χ0) is 32.8. The first kappa shape index (κ1) is 33.3. The Morgan fingerprint density at radius 3 is 2.59 bits per heavy atom. The molecule has 240 valence electrons. The van der Waals surface area contributed by atoms with Gasteiger partial charge in [-0.1, -0.05) is 35.3 Å². The van der Waals surface area contributed by atoms with Crippen molar-refractivity contribution in [3.05, 3.63) is 92.3 Å². The van der Waals surface area contributed by atoms with Gasteiger partial charge in [0.15, 0.2) is 11.4 Å². The minimum Gasteiger partial charge on any atom is -0.485 e. The van der Waals surface area contributed by atoms with Gasteiger partial charge in [-0.15, -0.1) is 0 Å². The van der Waals surface area contributed by atoms with Gasteiger partial charge in [-0.3, -0.25) is 14.0 Å². The first-order chi connectivity index (χ1) is 22.1. The van der Waals surface area contributed by atoms with Crippen LogP contribution in [-0.4, -0.2) is 72.0 Å². The summed E-state index contributed by atoms with van der Waals surface area (Å²) in [4.78, 5) is 45.4. The van der Waals surface area contributed by atoms with Gasteiger partial charge in [-0.05, 0) is 70.9 Å². The third-order valence-corrected chi connectivity index (χ3v) is 9.02. The second-order valence-corrected chi connectivity index (χ2v) is 11.9. The van der Waals surface area contributed by atoms with Crippen molar-refractivity contribution >= 4 is 80.1 Å². The van der Waals surface area contributed by atoms with Crippen molar-refractivity contribution in [2.24, 2.45) is 0 Å². The van der Waals surface area contributed by atoms with Crippen LogP contribution in [0, 0.1) is 6.92 Å². The molecule has 4 aromatic rings. The number of ether oxygens (including phenoxy) is 2. The Balaban J connectivity index is 1.14. The SMILES string of the molecule is Cc1nc2c(OCc3c(Cl)ccc(N(C)C(=O)CNC(=O)/C=C/c4ccc(NC(=O)N5CCOCC5)cc4)c3Cl)cccn2c1Br. The number of halogens is 3. The lowest BCUT2D eigenvalue weighted by Crippen LogP contribution is -2.43. The Hall–Kier alpha value is -4.10. The molecule has 1 fully saturated rings. The standard InChI is InChI=1S/C32H31BrCl2N6O5/c1-20-30(33)41-13-3-4-26(31(41)37-20)46-19-23-24(34)10-11-25(29(23)35)39(2)28(43)18-36-27(42)12-7-21-5-8-22(9-6-21)38-32(44)40-14-16-45-17-15-40/h3-13H,14-19H2,1-2H3,(H,36,42)(H,38,44)/b12-7+. The summed E-state index contributed by atoms with van der Waals surface area (Å²) in [5.74, 6) is -0.293. The first-order valence-corrected chi connectivity index (χ1v) is 15.9. The fourth-order valence-corrected chi connectivity index (χ4v) is 5.64. The molecule has 46 heavy (non-hydrogen) atoms. The largest absolute Gasteiger partial charge is 0.485 e. The normalized spacial score (nSPS) is 13.2. The highest BCUT2D eigenvalue weighted by molar-refractivity contribution is 9.10. The third-order valence-electron chi connectivity index (χ3n) is 7.29. The highest BCUT2D eigenvalue weighted by Gasteiger charge is 2.20. The molecule has 11 nitrogen and oxygen atoms in total. The van der Waals surface area contributed by atoms with Gasteiger partial charge in [-0.25, -0.2) is 9.78 Å². The van der Waals surface area contributed by atoms with E-state index in [1.807, 2.05) is 23.6 Å². The van der Waals surface area contributed by atoms with Crippen LogP contribution in [0.4, 0.5) is 16.2 Å². The van der Waals surface area contributed by atoms with E-state index in [4.69, 9.17) is 32.7 Å². The molecule has 3 heterocycles. The van der Waals surface area contributed by atoms with E-state index in [9.17, 15) is 14.4 Å². The van der Waals surface area contributed by atoms with Crippen molar-refractivity contribution in [1.82, 2.24) is 19.6 Å². The number of morpholine rings is 1. The lowest BCUT2D eigenvalue weighted by molar-refractivity contribution is -0.122. The van der Waals surface area contributed by atoms with Crippen molar-refractivity contribution in [3.8, 4) is 5.75 Å². The number of pyridine rings is 1. The molecule has 2 N–H and O–H groups in total. The number of hydrogen-bond acceptors (Lipinski definition) is 6. The molecule has 0 saturated carbocycles. The van der Waals surface area contributed by atoms with E-state index in [1.54, 1.807) is 60.5 Å². The Morgan fingerprint density at radius 2 is 1.85 bits per heavy atom. The molecule has 1 aliphatic rings. The smallest absolute Gasteiger partial charge is 0.321 e. The van der Waals surface area contributed by atoms with Crippen LogP contribution in [0.3, 0.4) is 0 Å². The van der Waals surface area contributed by atoms with Crippen molar-refractivity contribution in [2.75, 3.05) is 50.1 Å². The van der Waals surface area contributed by atoms with Crippen LogP contribution in [-0.2, 0) is 20.9 Å². The van der Waals surface area contributed by atoms with Crippen LogP contribution >= 0.6 is 39.1 Å². The lowest BCUT2D eigenvalue weighted by Gasteiger charge is -2.26. The molecule has 2 aromatic heterocycles. The number of carbonyl (C=O) groups excluding carboxylic acids is 3. The number of carbonyl (C=O) groups is 3. The fraction of sp³-hybridized carbons (Fsp3) is 0.250. The highest BCUT2D eigenvalue weighted by atomic mass is 79.9. The number of aromatic nitrogens is 2. The molecular weight excluding hydrogens is 699 g/mol. The second kappa shape index (κ2) is 15.0. The number of hydrogen-bond donors (Lipinski definition) is 2. The Bertz CT molecular complexity index is 1790. The minimum atomic E-state index is -0.447. The number of likely N-dealkylation sites (N-methyl/N-ethyl adjacent to an activating group) is 1. The van der Waals surface area contributed by atoms with Crippen LogP contribution in [0.2, 0.25) is 10.0 Å². The van der Waals surface area contributed by atoms with E-state index in [-0.39, 0.29) is 30.1 Å². The van der Waals surface area contributed by atoms with Crippen molar-refractivity contribution in [2.45, 2.75) is 13.5 Å².